The SMILES string of the molecule is CC(C)COC(C)c1noc(CN2CCNCC2c2cccc(F)c2)n1.Cl. The predicted molar refractivity (Wildman–Crippen MR) is 103 cm³/mol. The highest BCUT2D eigenvalue weighted by molar-refractivity contribution is 5.85. The van der Waals surface area contributed by atoms with Crippen LogP contribution in [0.15, 0.2) is 28.8 Å². The zero-order valence-electron chi connectivity index (χ0n) is 16.0. The van der Waals surface area contributed by atoms with Gasteiger partial charge in [-0.25, -0.2) is 4.39 Å². The van der Waals surface area contributed by atoms with Crippen LogP contribution in [-0.4, -0.2) is 41.3 Å². The molecule has 27 heavy (non-hydrogen) atoms. The van der Waals surface area contributed by atoms with E-state index in [0.717, 1.165) is 25.2 Å². The summed E-state index contributed by atoms with van der Waals surface area (Å²) in [4.78, 5) is 6.73. The Balaban J connectivity index is 0.00000261. The first kappa shape index (κ1) is 21.8. The summed E-state index contributed by atoms with van der Waals surface area (Å²) in [5.74, 6) is 1.36. The van der Waals surface area contributed by atoms with Crippen molar-refractivity contribution < 1.29 is 13.7 Å². The number of benzene rings is 1. The van der Waals surface area contributed by atoms with Crippen LogP contribution in [0.4, 0.5) is 4.39 Å². The summed E-state index contributed by atoms with van der Waals surface area (Å²) in [6.07, 6.45) is -0.197. The number of rotatable bonds is 7. The minimum absolute atomic E-state index is 0. The van der Waals surface area contributed by atoms with Crippen LogP contribution in [0.2, 0.25) is 0 Å². The van der Waals surface area contributed by atoms with Crippen LogP contribution < -0.4 is 5.32 Å². The standard InChI is InChI=1S/C19H27FN4O2.ClH/c1-13(2)12-25-14(3)19-22-18(26-23-19)11-24-8-7-21-10-17(24)15-5-4-6-16(20)9-15;/h4-6,9,13-14,17,21H,7-8,10-12H2,1-3H3;1H. The molecule has 0 saturated carbocycles. The number of hydrogen-bond donors (Lipinski definition) is 1. The van der Waals surface area contributed by atoms with Gasteiger partial charge in [-0.2, -0.15) is 4.98 Å². The number of nitrogens with zero attached hydrogens (tertiary/aromatic N) is 3. The highest BCUT2D eigenvalue weighted by atomic mass is 35.5. The highest BCUT2D eigenvalue weighted by Gasteiger charge is 2.26. The molecule has 0 amide bonds. The molecule has 2 aromatic rings. The van der Waals surface area contributed by atoms with Crippen molar-refractivity contribution in [2.24, 2.45) is 5.92 Å². The monoisotopic (exact) mass is 398 g/mol. The highest BCUT2D eigenvalue weighted by Crippen LogP contribution is 2.25. The van der Waals surface area contributed by atoms with Crippen LogP contribution in [0, 0.1) is 11.7 Å². The molecule has 1 fully saturated rings. The lowest BCUT2D eigenvalue weighted by molar-refractivity contribution is 0.0402. The topological polar surface area (TPSA) is 63.4 Å². The third-order valence-electron chi connectivity index (χ3n) is 4.45. The molecule has 0 bridgehead atoms. The number of nitrogens with one attached hydrogen (secondary N) is 1. The van der Waals surface area contributed by atoms with E-state index in [1.807, 2.05) is 13.0 Å². The summed E-state index contributed by atoms with van der Waals surface area (Å²) >= 11 is 0. The maximum absolute atomic E-state index is 13.6. The largest absolute Gasteiger partial charge is 0.370 e. The third-order valence-corrected chi connectivity index (χ3v) is 4.45. The van der Waals surface area contributed by atoms with Gasteiger partial charge >= 0.3 is 0 Å². The van der Waals surface area contributed by atoms with Crippen molar-refractivity contribution in [2.45, 2.75) is 39.5 Å². The molecule has 2 heterocycles. The summed E-state index contributed by atoms with van der Waals surface area (Å²) in [5.41, 5.74) is 0.950. The molecule has 1 aliphatic heterocycles. The van der Waals surface area contributed by atoms with Crippen LogP contribution in [0.3, 0.4) is 0 Å². The van der Waals surface area contributed by atoms with Crippen LogP contribution in [0.1, 0.15) is 50.2 Å². The lowest BCUT2D eigenvalue weighted by atomic mass is 10.0. The molecule has 1 saturated heterocycles. The first-order valence-electron chi connectivity index (χ1n) is 9.17. The quantitative estimate of drug-likeness (QED) is 0.770. The second kappa shape index (κ2) is 10.1. The van der Waals surface area contributed by atoms with Crippen molar-refractivity contribution in [1.82, 2.24) is 20.4 Å². The normalized spacial score (nSPS) is 19.1. The summed E-state index contributed by atoms with van der Waals surface area (Å²) < 4.78 is 24.8. The molecule has 0 radical (unpaired) electrons. The van der Waals surface area contributed by atoms with Crippen molar-refractivity contribution in [2.75, 3.05) is 26.2 Å². The van der Waals surface area contributed by atoms with Gasteiger partial charge in [0, 0.05) is 32.3 Å². The summed E-state index contributed by atoms with van der Waals surface area (Å²) in [6.45, 7) is 9.79. The van der Waals surface area contributed by atoms with E-state index in [9.17, 15) is 4.39 Å². The Morgan fingerprint density at radius 1 is 1.37 bits per heavy atom. The van der Waals surface area contributed by atoms with E-state index < -0.39 is 0 Å². The van der Waals surface area contributed by atoms with E-state index in [2.05, 4.69) is 34.2 Å². The van der Waals surface area contributed by atoms with Crippen LogP contribution in [0.25, 0.3) is 0 Å². The van der Waals surface area contributed by atoms with Crippen LogP contribution in [-0.2, 0) is 11.3 Å². The Morgan fingerprint density at radius 2 is 2.19 bits per heavy atom. The zero-order chi connectivity index (χ0) is 18.5. The molecule has 2 unspecified atom stereocenters. The summed E-state index contributed by atoms with van der Waals surface area (Å²) in [6, 6.07) is 6.83. The fourth-order valence-electron chi connectivity index (χ4n) is 3.06. The molecule has 6 nitrogen and oxygen atoms in total. The van der Waals surface area contributed by atoms with Gasteiger partial charge in [-0.15, -0.1) is 12.4 Å². The molecule has 150 valence electrons. The Bertz CT molecular complexity index is 713. The van der Waals surface area contributed by atoms with Crippen LogP contribution >= 0.6 is 12.4 Å². The summed E-state index contributed by atoms with van der Waals surface area (Å²) in [7, 11) is 0. The predicted octanol–water partition coefficient (Wildman–Crippen LogP) is 3.51. The molecular weight excluding hydrogens is 371 g/mol. The van der Waals surface area contributed by atoms with E-state index in [1.165, 1.54) is 6.07 Å². The number of piperazine rings is 1. The third kappa shape index (κ3) is 5.97. The smallest absolute Gasteiger partial charge is 0.240 e. The van der Waals surface area contributed by atoms with Crippen molar-refractivity contribution >= 4 is 12.4 Å². The lowest BCUT2D eigenvalue weighted by Gasteiger charge is -2.35. The average molecular weight is 399 g/mol. The summed E-state index contributed by atoms with van der Waals surface area (Å²) in [5, 5.41) is 7.43. The second-order valence-corrected chi connectivity index (χ2v) is 7.16. The van der Waals surface area contributed by atoms with E-state index in [4.69, 9.17) is 9.26 Å². The van der Waals surface area contributed by atoms with Crippen molar-refractivity contribution in [3.05, 3.63) is 47.4 Å². The second-order valence-electron chi connectivity index (χ2n) is 7.16. The van der Waals surface area contributed by atoms with E-state index in [1.54, 1.807) is 12.1 Å². The van der Waals surface area contributed by atoms with Crippen LogP contribution in [0.5, 0.6) is 0 Å². The first-order chi connectivity index (χ1) is 12.5. The van der Waals surface area contributed by atoms with Gasteiger partial charge in [-0.3, -0.25) is 4.90 Å². The molecule has 3 rings (SSSR count). The number of hydrogen-bond acceptors (Lipinski definition) is 6. The average Bonchev–Trinajstić information content (AvgIpc) is 3.09. The molecular formula is C19H28ClFN4O2. The van der Waals surface area contributed by atoms with Gasteiger partial charge in [-0.1, -0.05) is 31.1 Å². The van der Waals surface area contributed by atoms with Gasteiger partial charge in [0.25, 0.3) is 0 Å². The zero-order valence-corrected chi connectivity index (χ0v) is 16.8. The lowest BCUT2D eigenvalue weighted by Crippen LogP contribution is -2.45. The Hall–Kier alpha value is -1.54. The molecule has 0 aliphatic carbocycles. The minimum atomic E-state index is -0.218. The fourth-order valence-corrected chi connectivity index (χ4v) is 3.06. The van der Waals surface area contributed by atoms with E-state index in [-0.39, 0.29) is 30.4 Å². The molecule has 1 aromatic heterocycles. The van der Waals surface area contributed by atoms with Gasteiger partial charge in [0.2, 0.25) is 5.89 Å². The molecule has 0 spiro atoms. The molecule has 2 atom stereocenters. The van der Waals surface area contributed by atoms with Gasteiger partial charge < -0.3 is 14.6 Å². The number of halogens is 2. The molecule has 1 aliphatic rings. The van der Waals surface area contributed by atoms with E-state index >= 15 is 0 Å². The Morgan fingerprint density at radius 3 is 2.93 bits per heavy atom. The first-order valence-corrected chi connectivity index (χ1v) is 9.17. The maximum atomic E-state index is 13.6. The molecule has 1 aromatic carbocycles. The molecule has 1 N–H and O–H groups in total. The maximum Gasteiger partial charge on any atom is 0.240 e. The van der Waals surface area contributed by atoms with Gasteiger partial charge in [0.1, 0.15) is 11.9 Å². The Kier molecular flexibility index (Phi) is 8.16. The molecule has 8 heteroatoms. The van der Waals surface area contributed by atoms with E-state index in [0.29, 0.717) is 30.8 Å². The van der Waals surface area contributed by atoms with Crippen molar-refractivity contribution in [3.63, 3.8) is 0 Å². The Labute approximate surface area is 165 Å². The number of ether oxygens (including phenoxy) is 1. The van der Waals surface area contributed by atoms with Gasteiger partial charge in [0.05, 0.1) is 6.54 Å². The van der Waals surface area contributed by atoms with Gasteiger partial charge in [0.15, 0.2) is 5.82 Å². The van der Waals surface area contributed by atoms with Gasteiger partial charge in [-0.05, 0) is 30.5 Å². The fraction of sp³-hybridized carbons (Fsp3) is 0.579. The minimum Gasteiger partial charge on any atom is -0.370 e. The van der Waals surface area contributed by atoms with Crippen molar-refractivity contribution in [1.29, 1.82) is 0 Å². The number of aromatic nitrogens is 2. The van der Waals surface area contributed by atoms with Crippen molar-refractivity contribution in [3.8, 4) is 0 Å².